The predicted octanol–water partition coefficient (Wildman–Crippen LogP) is 2.58. The van der Waals surface area contributed by atoms with Crippen molar-refractivity contribution in [3.05, 3.63) is 36.3 Å². The highest BCUT2D eigenvalue weighted by Gasteiger charge is 2.31. The SMILES string of the molecule is Cc1nn(C2CC(CO)C2)cc1-c1cnc2ccc(N3CCOCC3)cc2n1. The highest BCUT2D eigenvalue weighted by Crippen LogP contribution is 2.38. The van der Waals surface area contributed by atoms with Crippen LogP contribution in [0.1, 0.15) is 24.6 Å². The number of rotatable bonds is 4. The van der Waals surface area contributed by atoms with Crippen molar-refractivity contribution in [2.45, 2.75) is 25.8 Å². The van der Waals surface area contributed by atoms with Crippen molar-refractivity contribution in [3.63, 3.8) is 0 Å². The van der Waals surface area contributed by atoms with Gasteiger partial charge in [0.25, 0.3) is 0 Å². The molecule has 146 valence electrons. The maximum atomic E-state index is 9.25. The summed E-state index contributed by atoms with van der Waals surface area (Å²) < 4.78 is 7.49. The fourth-order valence-corrected chi connectivity index (χ4v) is 4.13. The molecule has 0 atom stereocenters. The Kier molecular flexibility index (Phi) is 4.49. The summed E-state index contributed by atoms with van der Waals surface area (Å²) in [7, 11) is 0. The van der Waals surface area contributed by atoms with Crippen LogP contribution in [0.25, 0.3) is 22.3 Å². The summed E-state index contributed by atoms with van der Waals surface area (Å²) in [5.74, 6) is 0.414. The zero-order valence-electron chi connectivity index (χ0n) is 16.1. The number of aliphatic hydroxyl groups is 1. The van der Waals surface area contributed by atoms with Crippen LogP contribution in [0, 0.1) is 12.8 Å². The Morgan fingerprint density at radius 2 is 2.00 bits per heavy atom. The monoisotopic (exact) mass is 379 g/mol. The van der Waals surface area contributed by atoms with Crippen LogP contribution in [0.5, 0.6) is 0 Å². The summed E-state index contributed by atoms with van der Waals surface area (Å²) in [6, 6.07) is 6.65. The number of aliphatic hydroxyl groups excluding tert-OH is 1. The van der Waals surface area contributed by atoms with Crippen molar-refractivity contribution < 1.29 is 9.84 Å². The Labute approximate surface area is 164 Å². The third-order valence-corrected chi connectivity index (χ3v) is 5.94. The number of nitrogens with zero attached hydrogens (tertiary/aromatic N) is 5. The maximum Gasteiger partial charge on any atom is 0.0927 e. The Balaban J connectivity index is 1.45. The van der Waals surface area contributed by atoms with Gasteiger partial charge in [-0.3, -0.25) is 9.67 Å². The molecule has 2 fully saturated rings. The third-order valence-electron chi connectivity index (χ3n) is 5.94. The summed E-state index contributed by atoms with van der Waals surface area (Å²) in [5.41, 5.74) is 5.81. The van der Waals surface area contributed by atoms with Gasteiger partial charge in [-0.15, -0.1) is 0 Å². The summed E-state index contributed by atoms with van der Waals surface area (Å²) >= 11 is 0. The van der Waals surface area contributed by atoms with E-state index in [-0.39, 0.29) is 6.61 Å². The van der Waals surface area contributed by atoms with Crippen molar-refractivity contribution >= 4 is 16.7 Å². The van der Waals surface area contributed by atoms with E-state index in [0.29, 0.717) is 12.0 Å². The molecule has 7 heteroatoms. The topological polar surface area (TPSA) is 76.3 Å². The van der Waals surface area contributed by atoms with Gasteiger partial charge in [0.15, 0.2) is 0 Å². The van der Waals surface area contributed by atoms with Crippen LogP contribution in [0.15, 0.2) is 30.6 Å². The van der Waals surface area contributed by atoms with E-state index in [1.807, 2.05) is 23.9 Å². The minimum atomic E-state index is 0.269. The van der Waals surface area contributed by atoms with E-state index in [1.54, 1.807) is 0 Å². The number of hydrogen-bond acceptors (Lipinski definition) is 6. The minimum Gasteiger partial charge on any atom is -0.396 e. The largest absolute Gasteiger partial charge is 0.396 e. The van der Waals surface area contributed by atoms with Gasteiger partial charge in [-0.2, -0.15) is 5.10 Å². The van der Waals surface area contributed by atoms with Gasteiger partial charge < -0.3 is 14.7 Å². The number of aromatic nitrogens is 4. The average Bonchev–Trinajstić information content (AvgIpc) is 3.08. The van der Waals surface area contributed by atoms with Crippen molar-refractivity contribution in [3.8, 4) is 11.3 Å². The molecule has 0 unspecified atom stereocenters. The normalized spacial score (nSPS) is 22.4. The number of benzene rings is 1. The number of anilines is 1. The van der Waals surface area contributed by atoms with Crippen LogP contribution in [0.4, 0.5) is 5.69 Å². The second-order valence-electron chi connectivity index (χ2n) is 7.81. The first-order chi connectivity index (χ1) is 13.7. The minimum absolute atomic E-state index is 0.269. The molecular formula is C21H25N5O2. The molecule has 0 amide bonds. The molecule has 1 aliphatic heterocycles. The molecule has 5 rings (SSSR count). The highest BCUT2D eigenvalue weighted by atomic mass is 16.5. The molecule has 0 bridgehead atoms. The summed E-state index contributed by atoms with van der Waals surface area (Å²) in [5, 5.41) is 13.9. The van der Waals surface area contributed by atoms with Gasteiger partial charge in [0.2, 0.25) is 0 Å². The van der Waals surface area contributed by atoms with Crippen molar-refractivity contribution in [1.29, 1.82) is 0 Å². The van der Waals surface area contributed by atoms with E-state index < -0.39 is 0 Å². The molecule has 3 heterocycles. The number of morpholine rings is 1. The lowest BCUT2D eigenvalue weighted by Crippen LogP contribution is -2.36. The molecule has 28 heavy (non-hydrogen) atoms. The van der Waals surface area contributed by atoms with E-state index in [0.717, 1.165) is 67.1 Å². The molecule has 7 nitrogen and oxygen atoms in total. The number of aryl methyl sites for hydroxylation is 1. The van der Waals surface area contributed by atoms with Gasteiger partial charge in [0.1, 0.15) is 0 Å². The Morgan fingerprint density at radius 3 is 2.79 bits per heavy atom. The smallest absolute Gasteiger partial charge is 0.0927 e. The second kappa shape index (κ2) is 7.14. The fraction of sp³-hybridized carbons (Fsp3) is 0.476. The van der Waals surface area contributed by atoms with Crippen molar-refractivity contribution in [2.24, 2.45) is 5.92 Å². The number of hydrogen-bond donors (Lipinski definition) is 1. The first-order valence-electron chi connectivity index (χ1n) is 9.98. The van der Waals surface area contributed by atoms with Gasteiger partial charge in [-0.1, -0.05) is 0 Å². The number of ether oxygens (including phenoxy) is 1. The molecule has 1 saturated carbocycles. The average molecular weight is 379 g/mol. The van der Waals surface area contributed by atoms with E-state index in [9.17, 15) is 5.11 Å². The lowest BCUT2D eigenvalue weighted by atomic mass is 9.81. The van der Waals surface area contributed by atoms with Crippen LogP contribution in [-0.2, 0) is 4.74 Å². The van der Waals surface area contributed by atoms with E-state index in [1.165, 1.54) is 5.69 Å². The Hall–Kier alpha value is -2.51. The molecule has 1 aliphatic carbocycles. The molecule has 0 spiro atoms. The Bertz CT molecular complexity index is 990. The maximum absolute atomic E-state index is 9.25. The van der Waals surface area contributed by atoms with Crippen molar-refractivity contribution in [1.82, 2.24) is 19.7 Å². The lowest BCUT2D eigenvalue weighted by Gasteiger charge is -2.34. The molecule has 2 aliphatic rings. The summed E-state index contributed by atoms with van der Waals surface area (Å²) in [4.78, 5) is 11.8. The zero-order valence-corrected chi connectivity index (χ0v) is 16.1. The first-order valence-corrected chi connectivity index (χ1v) is 9.98. The fourth-order valence-electron chi connectivity index (χ4n) is 4.13. The van der Waals surface area contributed by atoms with Crippen LogP contribution >= 0.6 is 0 Å². The molecule has 0 radical (unpaired) electrons. The van der Waals surface area contributed by atoms with Gasteiger partial charge >= 0.3 is 0 Å². The molecule has 1 saturated heterocycles. The van der Waals surface area contributed by atoms with Gasteiger partial charge in [-0.05, 0) is 43.9 Å². The Morgan fingerprint density at radius 1 is 1.18 bits per heavy atom. The molecular weight excluding hydrogens is 354 g/mol. The second-order valence-corrected chi connectivity index (χ2v) is 7.81. The van der Waals surface area contributed by atoms with Gasteiger partial charge in [-0.25, -0.2) is 4.98 Å². The van der Waals surface area contributed by atoms with Crippen LogP contribution in [-0.4, -0.2) is 57.8 Å². The summed E-state index contributed by atoms with van der Waals surface area (Å²) in [6.07, 6.45) is 5.89. The lowest BCUT2D eigenvalue weighted by molar-refractivity contribution is 0.105. The van der Waals surface area contributed by atoms with Crippen LogP contribution in [0.2, 0.25) is 0 Å². The summed E-state index contributed by atoms with van der Waals surface area (Å²) in [6.45, 7) is 5.62. The van der Waals surface area contributed by atoms with Crippen molar-refractivity contribution in [2.75, 3.05) is 37.8 Å². The molecule has 2 aromatic heterocycles. The van der Waals surface area contributed by atoms with Crippen LogP contribution < -0.4 is 4.90 Å². The number of fused-ring (bicyclic) bond motifs is 1. The van der Waals surface area contributed by atoms with E-state index >= 15 is 0 Å². The van der Waals surface area contributed by atoms with Gasteiger partial charge in [0.05, 0.1) is 47.9 Å². The standard InChI is InChI=1S/C21H25N5O2/c1-14-18(12-26(24-14)17-8-15(9-17)13-27)21-11-22-19-3-2-16(10-20(19)23-21)25-4-6-28-7-5-25/h2-3,10-12,15,17,27H,4-9,13H2,1H3. The molecule has 1 N–H and O–H groups in total. The predicted molar refractivity (Wildman–Crippen MR) is 107 cm³/mol. The quantitative estimate of drug-likeness (QED) is 0.751. The van der Waals surface area contributed by atoms with Gasteiger partial charge in [0, 0.05) is 37.1 Å². The van der Waals surface area contributed by atoms with Crippen LogP contribution in [0.3, 0.4) is 0 Å². The van der Waals surface area contributed by atoms with E-state index in [2.05, 4.69) is 28.2 Å². The highest BCUT2D eigenvalue weighted by molar-refractivity contribution is 5.81. The molecule has 3 aromatic rings. The first kappa shape index (κ1) is 17.6. The molecule has 1 aromatic carbocycles. The van der Waals surface area contributed by atoms with E-state index in [4.69, 9.17) is 14.8 Å². The zero-order chi connectivity index (χ0) is 19.1. The third kappa shape index (κ3) is 3.14.